The Labute approximate surface area is 147 Å². The van der Waals surface area contributed by atoms with E-state index < -0.39 is 17.6 Å². The van der Waals surface area contributed by atoms with Gasteiger partial charge in [-0.3, -0.25) is 0 Å². The van der Waals surface area contributed by atoms with E-state index in [1.807, 2.05) is 6.07 Å². The van der Waals surface area contributed by atoms with Crippen LogP contribution in [0.2, 0.25) is 0 Å². The highest BCUT2D eigenvalue weighted by molar-refractivity contribution is 5.89. The number of halogens is 4. The Kier molecular flexibility index (Phi) is 4.63. The van der Waals surface area contributed by atoms with Gasteiger partial charge in [0.15, 0.2) is 0 Å². The lowest BCUT2D eigenvalue weighted by Gasteiger charge is -2.11. The van der Waals surface area contributed by atoms with Crippen LogP contribution in [0.25, 0.3) is 17.3 Å². The lowest BCUT2D eigenvalue weighted by atomic mass is 10.1. The minimum Gasteiger partial charge on any atom is -0.317 e. The maximum atomic E-state index is 13.4. The summed E-state index contributed by atoms with van der Waals surface area (Å²) in [6.07, 6.45) is -1.34. The maximum absolute atomic E-state index is 13.4. The van der Waals surface area contributed by atoms with Gasteiger partial charge in [-0.25, -0.2) is 4.39 Å². The third kappa shape index (κ3) is 3.67. The number of rotatable bonds is 3. The van der Waals surface area contributed by atoms with Gasteiger partial charge >= 0.3 is 6.18 Å². The van der Waals surface area contributed by atoms with Crippen molar-refractivity contribution in [1.82, 2.24) is 4.57 Å². The molecule has 0 aliphatic heterocycles. The molecule has 1 aromatic heterocycles. The smallest absolute Gasteiger partial charge is 0.317 e. The number of hydrogen-bond donors (Lipinski definition) is 0. The van der Waals surface area contributed by atoms with Crippen LogP contribution in [0.5, 0.6) is 0 Å². The second-order valence-corrected chi connectivity index (χ2v) is 5.53. The number of aromatic nitrogens is 1. The zero-order valence-corrected chi connectivity index (χ0v) is 13.3. The highest BCUT2D eigenvalue weighted by atomic mass is 19.4. The van der Waals surface area contributed by atoms with Gasteiger partial charge in [0.2, 0.25) is 0 Å². The summed E-state index contributed by atoms with van der Waals surface area (Å²) in [5, 5.41) is 9.38. The molecule has 0 aliphatic carbocycles. The van der Waals surface area contributed by atoms with E-state index in [1.54, 1.807) is 30.5 Å². The molecule has 0 radical (unpaired) electrons. The average molecular weight is 356 g/mol. The van der Waals surface area contributed by atoms with Crippen LogP contribution >= 0.6 is 0 Å². The van der Waals surface area contributed by atoms with Crippen molar-refractivity contribution in [3.05, 3.63) is 89.5 Å². The Morgan fingerprint density at radius 1 is 1.00 bits per heavy atom. The van der Waals surface area contributed by atoms with Gasteiger partial charge in [0.25, 0.3) is 0 Å². The Morgan fingerprint density at radius 2 is 1.77 bits per heavy atom. The second-order valence-electron chi connectivity index (χ2n) is 5.53. The molecule has 0 fully saturated rings. The molecular formula is C20H12F4N2. The summed E-state index contributed by atoms with van der Waals surface area (Å²) in [6.45, 7) is 0. The molecule has 0 atom stereocenters. The van der Waals surface area contributed by atoms with E-state index in [4.69, 9.17) is 0 Å². The largest absolute Gasteiger partial charge is 0.416 e. The molecule has 0 saturated carbocycles. The van der Waals surface area contributed by atoms with Crippen molar-refractivity contribution in [2.75, 3.05) is 0 Å². The van der Waals surface area contributed by atoms with Gasteiger partial charge in [-0.1, -0.05) is 18.2 Å². The first-order valence-corrected chi connectivity index (χ1v) is 7.61. The van der Waals surface area contributed by atoms with Gasteiger partial charge in [0.1, 0.15) is 5.82 Å². The predicted molar refractivity (Wildman–Crippen MR) is 90.7 cm³/mol. The first-order valence-electron chi connectivity index (χ1n) is 7.61. The van der Waals surface area contributed by atoms with Crippen molar-refractivity contribution < 1.29 is 17.6 Å². The number of allylic oxidation sites excluding steroid dienone is 1. The molecule has 3 aromatic rings. The number of nitrogens with zero attached hydrogens (tertiary/aromatic N) is 2. The Morgan fingerprint density at radius 3 is 2.46 bits per heavy atom. The zero-order chi connectivity index (χ0) is 18.7. The molecule has 2 nitrogen and oxygen atoms in total. The fourth-order valence-corrected chi connectivity index (χ4v) is 2.56. The highest BCUT2D eigenvalue weighted by Gasteiger charge is 2.30. The Hall–Kier alpha value is -3.33. The van der Waals surface area contributed by atoms with E-state index in [2.05, 4.69) is 0 Å². The monoisotopic (exact) mass is 356 g/mol. The van der Waals surface area contributed by atoms with Gasteiger partial charge in [-0.15, -0.1) is 0 Å². The molecular weight excluding hydrogens is 344 g/mol. The van der Waals surface area contributed by atoms with E-state index in [1.165, 1.54) is 34.9 Å². The lowest BCUT2D eigenvalue weighted by molar-refractivity contribution is -0.137. The van der Waals surface area contributed by atoms with E-state index >= 15 is 0 Å². The van der Waals surface area contributed by atoms with Crippen LogP contribution in [-0.4, -0.2) is 4.57 Å². The maximum Gasteiger partial charge on any atom is 0.416 e. The Bertz CT molecular complexity index is 1010. The third-order valence-electron chi connectivity index (χ3n) is 3.78. The molecule has 0 N–H and O–H groups in total. The molecule has 26 heavy (non-hydrogen) atoms. The van der Waals surface area contributed by atoms with Crippen LogP contribution in [-0.2, 0) is 6.18 Å². The van der Waals surface area contributed by atoms with Crippen LogP contribution in [0.4, 0.5) is 17.6 Å². The molecule has 0 amide bonds. The van der Waals surface area contributed by atoms with E-state index in [0.29, 0.717) is 16.9 Å². The fourth-order valence-electron chi connectivity index (χ4n) is 2.56. The number of hydrogen-bond acceptors (Lipinski definition) is 1. The number of alkyl halides is 3. The van der Waals surface area contributed by atoms with Crippen LogP contribution in [0.3, 0.4) is 0 Å². The summed E-state index contributed by atoms with van der Waals surface area (Å²) in [6, 6.07) is 15.8. The molecule has 0 spiro atoms. The number of nitriles is 1. The fraction of sp³-hybridized carbons (Fsp3) is 0.0500. The van der Waals surface area contributed by atoms with Crippen LogP contribution in [0.15, 0.2) is 66.9 Å². The zero-order valence-electron chi connectivity index (χ0n) is 13.3. The van der Waals surface area contributed by atoms with Crippen LogP contribution < -0.4 is 0 Å². The summed E-state index contributed by atoms with van der Waals surface area (Å²) in [7, 11) is 0. The topological polar surface area (TPSA) is 28.7 Å². The highest BCUT2D eigenvalue weighted by Crippen LogP contribution is 2.31. The molecule has 6 heteroatoms. The first-order chi connectivity index (χ1) is 12.4. The molecule has 3 rings (SSSR count). The van der Waals surface area contributed by atoms with Crippen LogP contribution in [0.1, 0.15) is 16.8 Å². The molecule has 2 aromatic carbocycles. The summed E-state index contributed by atoms with van der Waals surface area (Å²) in [5.41, 5.74) is 0.655. The van der Waals surface area contributed by atoms with Gasteiger partial charge < -0.3 is 4.57 Å². The second kappa shape index (κ2) is 6.89. The molecule has 0 aliphatic rings. The molecule has 0 unspecified atom stereocenters. The van der Waals surface area contributed by atoms with Crippen molar-refractivity contribution in [3.8, 4) is 11.8 Å². The van der Waals surface area contributed by atoms with Gasteiger partial charge in [0.05, 0.1) is 17.2 Å². The summed E-state index contributed by atoms with van der Waals surface area (Å²) in [4.78, 5) is 0. The average Bonchev–Trinajstić information content (AvgIpc) is 3.07. The normalized spacial score (nSPS) is 12.0. The van der Waals surface area contributed by atoms with E-state index in [-0.39, 0.29) is 5.57 Å². The molecule has 0 saturated heterocycles. The lowest BCUT2D eigenvalue weighted by Crippen LogP contribution is -2.06. The van der Waals surface area contributed by atoms with Crippen molar-refractivity contribution >= 4 is 11.6 Å². The minimum absolute atomic E-state index is 0.205. The molecule has 130 valence electrons. The Balaban J connectivity index is 2.05. The summed E-state index contributed by atoms with van der Waals surface area (Å²) < 4.78 is 53.7. The van der Waals surface area contributed by atoms with Gasteiger partial charge in [-0.2, -0.15) is 18.4 Å². The molecule has 0 bridgehead atoms. The number of benzene rings is 2. The summed E-state index contributed by atoms with van der Waals surface area (Å²) >= 11 is 0. The minimum atomic E-state index is -4.45. The van der Waals surface area contributed by atoms with E-state index in [9.17, 15) is 22.8 Å². The van der Waals surface area contributed by atoms with Gasteiger partial charge in [0, 0.05) is 17.6 Å². The molecule has 1 heterocycles. The van der Waals surface area contributed by atoms with Crippen molar-refractivity contribution in [2.45, 2.75) is 6.18 Å². The first kappa shape index (κ1) is 17.5. The predicted octanol–water partition coefficient (Wildman–Crippen LogP) is 5.70. The van der Waals surface area contributed by atoms with Gasteiger partial charge in [-0.05, 0) is 54.1 Å². The summed E-state index contributed by atoms with van der Waals surface area (Å²) in [5.74, 6) is -0.475. The quantitative estimate of drug-likeness (QED) is 0.437. The van der Waals surface area contributed by atoms with Crippen molar-refractivity contribution in [1.29, 1.82) is 5.26 Å². The standard InChI is InChI=1S/C20H12F4N2/c21-17-6-1-4-14(10-17)15(13-25)11-18-8-3-9-26(18)19-7-2-5-16(12-19)20(22,23)24/h1-12H/b15-11-. The van der Waals surface area contributed by atoms with Crippen molar-refractivity contribution in [2.24, 2.45) is 0 Å². The van der Waals surface area contributed by atoms with Crippen LogP contribution in [0, 0.1) is 17.1 Å². The third-order valence-corrected chi connectivity index (χ3v) is 3.78. The van der Waals surface area contributed by atoms with Crippen molar-refractivity contribution in [3.63, 3.8) is 0 Å². The SMILES string of the molecule is N#C/C(=C/c1cccn1-c1cccc(C(F)(F)F)c1)c1cccc(F)c1. The van der Waals surface area contributed by atoms with E-state index in [0.717, 1.165) is 12.1 Å².